The zero-order valence-electron chi connectivity index (χ0n) is 10.7. The second-order valence-electron chi connectivity index (χ2n) is 4.15. The van der Waals surface area contributed by atoms with E-state index < -0.39 is 6.04 Å². The molecule has 0 heterocycles. The monoisotopic (exact) mass is 246 g/mol. The van der Waals surface area contributed by atoms with Crippen LogP contribution in [0, 0.1) is 26.2 Å². The fraction of sp³-hybridized carbons (Fsp3) is 0.357. The molecule has 18 heavy (non-hydrogen) atoms. The number of rotatable bonds is 4. The minimum atomic E-state index is -0.417. The van der Waals surface area contributed by atoms with Crippen molar-refractivity contribution in [3.05, 3.63) is 29.3 Å². The van der Waals surface area contributed by atoms with E-state index in [0.29, 0.717) is 6.42 Å². The lowest BCUT2D eigenvalue weighted by Gasteiger charge is -2.16. The van der Waals surface area contributed by atoms with Crippen LogP contribution in [0.1, 0.15) is 17.5 Å². The van der Waals surface area contributed by atoms with Crippen LogP contribution in [-0.4, -0.2) is 23.8 Å². The maximum absolute atomic E-state index is 11.8. The number of hydrogen-bond acceptors (Lipinski definition) is 2. The second kappa shape index (κ2) is 6.67. The summed E-state index contributed by atoms with van der Waals surface area (Å²) in [6, 6.07) is 5.00. The normalized spacial score (nSPS) is 11.4. The smallest absolute Gasteiger partial charge is 0.319 e. The highest BCUT2D eigenvalue weighted by atomic mass is 16.3. The number of urea groups is 1. The van der Waals surface area contributed by atoms with Crippen molar-refractivity contribution in [3.8, 4) is 12.3 Å². The van der Waals surface area contributed by atoms with E-state index in [-0.39, 0.29) is 12.6 Å². The summed E-state index contributed by atoms with van der Waals surface area (Å²) >= 11 is 0. The molecule has 4 heteroatoms. The molecule has 1 aromatic rings. The van der Waals surface area contributed by atoms with Crippen LogP contribution in [0.15, 0.2) is 18.2 Å². The number of carbonyl (C=O) groups excluding carboxylic acids is 1. The Morgan fingerprint density at radius 2 is 2.06 bits per heavy atom. The summed E-state index contributed by atoms with van der Waals surface area (Å²) in [7, 11) is 0. The third-order valence-corrected chi connectivity index (χ3v) is 2.64. The van der Waals surface area contributed by atoms with Gasteiger partial charge in [-0.2, -0.15) is 0 Å². The molecular weight excluding hydrogens is 228 g/mol. The van der Waals surface area contributed by atoms with Gasteiger partial charge in [0.15, 0.2) is 0 Å². The molecule has 0 radical (unpaired) electrons. The molecule has 3 N–H and O–H groups in total. The molecule has 0 bridgehead atoms. The highest BCUT2D eigenvalue weighted by Gasteiger charge is 2.11. The Bertz CT molecular complexity index is 443. The molecule has 0 aliphatic carbocycles. The molecule has 1 aromatic carbocycles. The molecule has 2 amide bonds. The number of aliphatic hydroxyl groups excluding tert-OH is 1. The lowest BCUT2D eigenvalue weighted by molar-refractivity contribution is 0.225. The highest BCUT2D eigenvalue weighted by molar-refractivity contribution is 5.91. The first-order valence-electron chi connectivity index (χ1n) is 5.76. The lowest BCUT2D eigenvalue weighted by Crippen LogP contribution is -2.40. The van der Waals surface area contributed by atoms with Crippen molar-refractivity contribution < 1.29 is 9.90 Å². The predicted octanol–water partition coefficient (Wildman–Crippen LogP) is 1.81. The molecule has 0 aliphatic heterocycles. The van der Waals surface area contributed by atoms with Gasteiger partial charge in [0, 0.05) is 12.1 Å². The van der Waals surface area contributed by atoms with Crippen LogP contribution in [-0.2, 0) is 0 Å². The van der Waals surface area contributed by atoms with E-state index in [1.165, 1.54) is 0 Å². The largest absolute Gasteiger partial charge is 0.394 e. The highest BCUT2D eigenvalue weighted by Crippen LogP contribution is 2.19. The predicted molar refractivity (Wildman–Crippen MR) is 72.4 cm³/mol. The molecule has 1 atom stereocenters. The molecule has 4 nitrogen and oxygen atoms in total. The Balaban J connectivity index is 2.68. The number of aliphatic hydroxyl groups is 1. The van der Waals surface area contributed by atoms with Gasteiger partial charge in [0.2, 0.25) is 0 Å². The summed E-state index contributed by atoms with van der Waals surface area (Å²) < 4.78 is 0. The molecule has 0 fully saturated rings. The average molecular weight is 246 g/mol. The van der Waals surface area contributed by atoms with Crippen molar-refractivity contribution in [1.82, 2.24) is 5.32 Å². The topological polar surface area (TPSA) is 61.4 Å². The number of anilines is 1. The maximum atomic E-state index is 11.8. The SMILES string of the molecule is C#CC[C@H](CO)NC(=O)Nc1c(C)cccc1C. The number of hydrogen-bond donors (Lipinski definition) is 3. The van der Waals surface area contributed by atoms with E-state index in [9.17, 15) is 4.79 Å². The van der Waals surface area contributed by atoms with Crippen LogP contribution >= 0.6 is 0 Å². The van der Waals surface area contributed by atoms with Gasteiger partial charge in [-0.15, -0.1) is 12.3 Å². The first-order chi connectivity index (χ1) is 8.58. The second-order valence-corrected chi connectivity index (χ2v) is 4.15. The standard InChI is InChI=1S/C14H18N2O2/c1-4-6-12(9-17)15-14(18)16-13-10(2)7-5-8-11(13)3/h1,5,7-8,12,17H,6,9H2,2-3H3,(H2,15,16,18)/t12-/m1/s1. The van der Waals surface area contributed by atoms with E-state index in [2.05, 4.69) is 16.6 Å². The average Bonchev–Trinajstić information content (AvgIpc) is 2.33. The number of carbonyl (C=O) groups is 1. The summed E-state index contributed by atoms with van der Waals surface area (Å²) in [6.07, 6.45) is 5.45. The molecule has 0 spiro atoms. The molecule has 96 valence electrons. The summed E-state index contributed by atoms with van der Waals surface area (Å²) in [5.41, 5.74) is 2.76. The molecule has 0 saturated heterocycles. The summed E-state index contributed by atoms with van der Waals surface area (Å²) in [6.45, 7) is 3.67. The number of para-hydroxylation sites is 1. The maximum Gasteiger partial charge on any atom is 0.319 e. The third-order valence-electron chi connectivity index (χ3n) is 2.64. The summed E-state index contributed by atoms with van der Waals surface area (Å²) in [4.78, 5) is 11.8. The van der Waals surface area contributed by atoms with Gasteiger partial charge in [-0.1, -0.05) is 18.2 Å². The van der Waals surface area contributed by atoms with Crippen LogP contribution in [0.25, 0.3) is 0 Å². The van der Waals surface area contributed by atoms with Gasteiger partial charge in [0.1, 0.15) is 0 Å². The Kier molecular flexibility index (Phi) is 5.22. The fourth-order valence-electron chi connectivity index (χ4n) is 1.65. The van der Waals surface area contributed by atoms with Gasteiger partial charge >= 0.3 is 6.03 Å². The molecular formula is C14H18N2O2. The number of benzene rings is 1. The number of aryl methyl sites for hydroxylation is 2. The summed E-state index contributed by atoms with van der Waals surface area (Å²) in [5, 5.41) is 14.4. The first-order valence-corrected chi connectivity index (χ1v) is 5.76. The molecule has 1 rings (SSSR count). The molecule has 0 saturated carbocycles. The van der Waals surface area contributed by atoms with Crippen LogP contribution in [0.5, 0.6) is 0 Å². The number of nitrogens with one attached hydrogen (secondary N) is 2. The number of terminal acetylenes is 1. The third kappa shape index (κ3) is 3.79. The molecule has 0 unspecified atom stereocenters. The van der Waals surface area contributed by atoms with Crippen molar-refractivity contribution in [3.63, 3.8) is 0 Å². The molecule has 0 aromatic heterocycles. The van der Waals surface area contributed by atoms with Crippen molar-refractivity contribution in [2.24, 2.45) is 0 Å². The zero-order chi connectivity index (χ0) is 13.5. The Hall–Kier alpha value is -1.99. The van der Waals surface area contributed by atoms with Crippen LogP contribution in [0.2, 0.25) is 0 Å². The van der Waals surface area contributed by atoms with Gasteiger partial charge in [-0.05, 0) is 25.0 Å². The van der Waals surface area contributed by atoms with E-state index in [1.54, 1.807) is 0 Å². The quantitative estimate of drug-likeness (QED) is 0.709. The van der Waals surface area contributed by atoms with Gasteiger partial charge in [-0.25, -0.2) is 4.79 Å². The fourth-order valence-corrected chi connectivity index (χ4v) is 1.65. The minimum absolute atomic E-state index is 0.176. The van der Waals surface area contributed by atoms with Crippen molar-refractivity contribution in [2.45, 2.75) is 26.3 Å². The Morgan fingerprint density at radius 1 is 1.44 bits per heavy atom. The summed E-state index contributed by atoms with van der Waals surface area (Å²) in [5.74, 6) is 2.41. The zero-order valence-corrected chi connectivity index (χ0v) is 10.7. The van der Waals surface area contributed by atoms with E-state index in [1.807, 2.05) is 32.0 Å². The van der Waals surface area contributed by atoms with Crippen LogP contribution in [0.4, 0.5) is 10.5 Å². The Labute approximate surface area is 107 Å². The van der Waals surface area contributed by atoms with Gasteiger partial charge < -0.3 is 15.7 Å². The van der Waals surface area contributed by atoms with Crippen molar-refractivity contribution >= 4 is 11.7 Å². The van der Waals surface area contributed by atoms with E-state index in [4.69, 9.17) is 11.5 Å². The van der Waals surface area contributed by atoms with E-state index >= 15 is 0 Å². The van der Waals surface area contributed by atoms with E-state index in [0.717, 1.165) is 16.8 Å². The van der Waals surface area contributed by atoms with Gasteiger partial charge in [-0.3, -0.25) is 0 Å². The van der Waals surface area contributed by atoms with Crippen molar-refractivity contribution in [2.75, 3.05) is 11.9 Å². The van der Waals surface area contributed by atoms with Gasteiger partial charge in [0.25, 0.3) is 0 Å². The number of amides is 2. The minimum Gasteiger partial charge on any atom is -0.394 e. The molecule has 0 aliphatic rings. The first kappa shape index (κ1) is 14.1. The lowest BCUT2D eigenvalue weighted by atomic mass is 10.1. The van der Waals surface area contributed by atoms with Crippen LogP contribution < -0.4 is 10.6 Å². The van der Waals surface area contributed by atoms with Crippen LogP contribution in [0.3, 0.4) is 0 Å². The Morgan fingerprint density at radius 3 is 2.56 bits per heavy atom. The van der Waals surface area contributed by atoms with Gasteiger partial charge in [0.05, 0.1) is 12.6 Å². The van der Waals surface area contributed by atoms with Crippen molar-refractivity contribution in [1.29, 1.82) is 0 Å².